The molecule has 0 atom stereocenters. The molecule has 0 amide bonds. The number of fused-ring (bicyclic) bond motifs is 6. The molecule has 8 aromatic rings. The van der Waals surface area contributed by atoms with Crippen molar-refractivity contribution in [2.45, 2.75) is 97.8 Å². The van der Waals surface area contributed by atoms with Crippen molar-refractivity contribution < 1.29 is 54.4 Å². The van der Waals surface area contributed by atoms with Crippen LogP contribution in [0.4, 0.5) is 34.1 Å². The van der Waals surface area contributed by atoms with Crippen LogP contribution in [0.3, 0.4) is 0 Å². The quantitative estimate of drug-likeness (QED) is 0.0382. The number of carbonyl (C=O) groups excluding carboxylic acids is 1. The van der Waals surface area contributed by atoms with Gasteiger partial charge >= 0.3 is 35.5 Å². The number of hydrogen-bond acceptors (Lipinski definition) is 7. The number of alkyl halides is 1. The number of hydrogen-bond donors (Lipinski definition) is 2. The van der Waals surface area contributed by atoms with Crippen LogP contribution in [0.2, 0.25) is 0 Å². The second kappa shape index (κ2) is 30.5. The molecule has 0 bridgehead atoms. The molecule has 0 spiro atoms. The second-order valence-corrected chi connectivity index (χ2v) is 21.0. The number of nitrogens with zero attached hydrogens (tertiary/aromatic N) is 2. The van der Waals surface area contributed by atoms with E-state index in [-0.39, 0.29) is 54.2 Å². The molecule has 10 rings (SSSR count). The average molecular weight is 1120 g/mol. The minimum atomic E-state index is -0.190. The van der Waals surface area contributed by atoms with E-state index in [1.807, 2.05) is 0 Å². The van der Waals surface area contributed by atoms with Crippen molar-refractivity contribution in [2.24, 2.45) is 0 Å². The van der Waals surface area contributed by atoms with E-state index in [1.54, 1.807) is 0 Å². The minimum absolute atomic E-state index is 0. The first kappa shape index (κ1) is 61.4. The molecule has 78 heavy (non-hydrogen) atoms. The first-order valence-electron chi connectivity index (χ1n) is 27.2. The summed E-state index contributed by atoms with van der Waals surface area (Å²) in [5.41, 5.74) is 22.9. The average Bonchev–Trinajstić information content (AvgIpc) is 4.06. The Balaban J connectivity index is 0.000000216. The zero-order chi connectivity index (χ0) is 54.7. The standard InChI is InChI=1S/C35H39NO2.C27H23N.C6H11BrO2.CH3O.Na/c1-26-11-9-13-28(23-26)36(29-14-10-12-27(2)24-29)30-17-18-32-31-15-3-4-16-33(31)35(34(32)25-30,19-5-7-21-37)20-6-8-22-38;1-19-7-5-10-23(15-19)28(24-11-6-8-20(2)16-24)25-13-14-27-22(18-25)17-21-9-3-4-12-26(21)27;1-6(8)9-5-3-2-4-7;1-2;/h3-4,9-18,23-25,37-38H,5-8,19-22H2,1-2H3;3-16,18H,17H2,1-2H3;2-5H2,1H3;1H3;/q;;;-1;+1. The van der Waals surface area contributed by atoms with Crippen molar-refractivity contribution >= 4 is 56.0 Å². The van der Waals surface area contributed by atoms with Gasteiger partial charge in [-0.3, -0.25) is 4.79 Å². The van der Waals surface area contributed by atoms with E-state index in [9.17, 15) is 15.0 Å². The van der Waals surface area contributed by atoms with Crippen LogP contribution >= 0.6 is 15.9 Å². The number of benzene rings is 8. The fraction of sp³-hybridized carbons (Fsp3) is 0.290. The van der Waals surface area contributed by atoms with Crippen molar-refractivity contribution in [3.63, 3.8) is 0 Å². The van der Waals surface area contributed by atoms with Crippen molar-refractivity contribution in [2.75, 3.05) is 42.1 Å². The molecule has 2 aliphatic rings. The molecule has 0 aromatic heterocycles. The van der Waals surface area contributed by atoms with Gasteiger partial charge in [-0.05, 0) is 225 Å². The van der Waals surface area contributed by atoms with Crippen LogP contribution in [0.15, 0.2) is 182 Å². The molecule has 0 saturated heterocycles. The molecule has 0 fully saturated rings. The Labute approximate surface area is 495 Å². The summed E-state index contributed by atoms with van der Waals surface area (Å²) in [7, 11) is 0.750. The normalized spacial score (nSPS) is 11.8. The monoisotopic (exact) mass is 1110 g/mol. The molecule has 0 saturated carbocycles. The third kappa shape index (κ3) is 15.3. The molecule has 0 unspecified atom stereocenters. The Kier molecular flexibility index (Phi) is 24.0. The summed E-state index contributed by atoms with van der Waals surface area (Å²) in [4.78, 5) is 14.9. The fourth-order valence-electron chi connectivity index (χ4n) is 11.0. The Morgan fingerprint density at radius 1 is 0.487 bits per heavy atom. The topological polar surface area (TPSA) is 96.3 Å². The predicted octanol–water partition coefficient (Wildman–Crippen LogP) is 13.4. The van der Waals surface area contributed by atoms with Crippen molar-refractivity contribution in [3.05, 3.63) is 226 Å². The SMILES string of the molecule is CC(=O)OCCCCBr.C[O-].Cc1cccc(N(c2cccc(C)c2)c2ccc3c(c2)C(CCCCO)(CCCCO)c2ccccc2-3)c1.Cc1cccc(N(c2cccc(C)c2)c2ccc3c(c2)Cc2ccccc2-3)c1.[Na+]. The summed E-state index contributed by atoms with van der Waals surface area (Å²) < 4.78 is 4.68. The maximum absolute atomic E-state index is 10.2. The summed E-state index contributed by atoms with van der Waals surface area (Å²) in [6.45, 7) is 11.0. The molecule has 7 nitrogen and oxygen atoms in total. The van der Waals surface area contributed by atoms with Crippen LogP contribution in [-0.4, -0.2) is 48.4 Å². The van der Waals surface area contributed by atoms with Crippen LogP contribution in [0.5, 0.6) is 0 Å². The van der Waals surface area contributed by atoms with Gasteiger partial charge in [-0.1, -0.05) is 125 Å². The van der Waals surface area contributed by atoms with Crippen LogP contribution in [0.1, 0.15) is 103 Å². The molecule has 8 aromatic carbocycles. The van der Waals surface area contributed by atoms with E-state index in [0.29, 0.717) is 6.61 Å². The van der Waals surface area contributed by atoms with Gasteiger partial charge in [-0.15, -0.1) is 0 Å². The third-order valence-corrected chi connectivity index (χ3v) is 15.0. The molecular formula is C69H76BrN2NaO5. The van der Waals surface area contributed by atoms with E-state index in [1.165, 1.54) is 90.7 Å². The van der Waals surface area contributed by atoms with Gasteiger partial charge in [0.1, 0.15) is 0 Å². The number of aliphatic hydroxyl groups is 2. The van der Waals surface area contributed by atoms with Gasteiger partial charge in [0, 0.05) is 65.0 Å². The van der Waals surface area contributed by atoms with Gasteiger partial charge in [0.15, 0.2) is 0 Å². The number of esters is 1. The molecule has 0 aliphatic heterocycles. The van der Waals surface area contributed by atoms with Gasteiger partial charge in [0.25, 0.3) is 0 Å². The van der Waals surface area contributed by atoms with Gasteiger partial charge in [-0.25, -0.2) is 0 Å². The Morgan fingerprint density at radius 3 is 1.38 bits per heavy atom. The number of rotatable bonds is 18. The molecule has 0 radical (unpaired) electrons. The van der Waals surface area contributed by atoms with Crippen LogP contribution < -0.4 is 44.5 Å². The van der Waals surface area contributed by atoms with Crippen LogP contribution in [-0.2, 0) is 21.4 Å². The van der Waals surface area contributed by atoms with Gasteiger partial charge in [0.05, 0.1) is 6.61 Å². The van der Waals surface area contributed by atoms with E-state index in [2.05, 4.69) is 240 Å². The first-order chi connectivity index (χ1) is 37.5. The summed E-state index contributed by atoms with van der Waals surface area (Å²) in [5, 5.41) is 28.4. The largest absolute Gasteiger partial charge is 1.00 e. The maximum Gasteiger partial charge on any atom is 1.00 e. The maximum atomic E-state index is 10.2. The van der Waals surface area contributed by atoms with Gasteiger partial charge in [-0.2, -0.15) is 7.11 Å². The number of aliphatic hydroxyl groups excluding tert-OH is 2. The number of ether oxygens (including phenoxy) is 1. The summed E-state index contributed by atoms with van der Waals surface area (Å²) in [6, 6.07) is 66.4. The Morgan fingerprint density at radius 2 is 0.910 bits per heavy atom. The Hall–Kier alpha value is -5.81. The second-order valence-electron chi connectivity index (χ2n) is 20.2. The summed E-state index contributed by atoms with van der Waals surface area (Å²) >= 11 is 3.28. The van der Waals surface area contributed by atoms with E-state index in [4.69, 9.17) is 5.11 Å². The van der Waals surface area contributed by atoms with Crippen LogP contribution in [0.25, 0.3) is 22.3 Å². The number of halogens is 1. The third-order valence-electron chi connectivity index (χ3n) is 14.4. The fourth-order valence-corrected chi connectivity index (χ4v) is 11.4. The zero-order valence-corrected chi connectivity index (χ0v) is 50.5. The molecular weight excluding hydrogens is 1040 g/mol. The number of unbranched alkanes of at least 4 members (excludes halogenated alkanes) is 3. The van der Waals surface area contributed by atoms with Gasteiger partial charge in [0.2, 0.25) is 0 Å². The molecule has 9 heteroatoms. The number of aryl methyl sites for hydroxylation is 4. The molecule has 400 valence electrons. The van der Waals surface area contributed by atoms with Gasteiger partial charge < -0.3 is 29.9 Å². The number of anilines is 6. The molecule has 2 N–H and O–H groups in total. The first-order valence-corrected chi connectivity index (χ1v) is 28.3. The van der Waals surface area contributed by atoms with Crippen molar-refractivity contribution in [1.29, 1.82) is 0 Å². The van der Waals surface area contributed by atoms with Crippen molar-refractivity contribution in [3.8, 4) is 22.3 Å². The summed E-state index contributed by atoms with van der Waals surface area (Å²) in [6.07, 6.45) is 8.53. The molecule has 0 heterocycles. The van der Waals surface area contributed by atoms with Crippen molar-refractivity contribution in [1.82, 2.24) is 0 Å². The number of carbonyl (C=O) groups is 1. The zero-order valence-electron chi connectivity index (χ0n) is 46.9. The Bertz CT molecular complexity index is 3090. The smallest absolute Gasteiger partial charge is 0.857 e. The van der Waals surface area contributed by atoms with Crippen LogP contribution in [0, 0.1) is 27.7 Å². The summed E-state index contributed by atoms with van der Waals surface area (Å²) in [5.74, 6) is -0.190. The van der Waals surface area contributed by atoms with E-state index in [0.717, 1.165) is 87.3 Å². The molecule has 2 aliphatic carbocycles. The van der Waals surface area contributed by atoms with E-state index < -0.39 is 0 Å². The van der Waals surface area contributed by atoms with E-state index >= 15 is 0 Å². The predicted molar refractivity (Wildman–Crippen MR) is 323 cm³/mol. The minimum Gasteiger partial charge on any atom is -0.857 e.